The number of carboxylic acid groups (broad SMARTS) is 1. The van der Waals surface area contributed by atoms with Gasteiger partial charge in [-0.25, -0.2) is 17.9 Å². The summed E-state index contributed by atoms with van der Waals surface area (Å²) in [4.78, 5) is 10.6. The highest BCUT2D eigenvalue weighted by atomic mass is 32.2. The van der Waals surface area contributed by atoms with Crippen LogP contribution in [0.2, 0.25) is 0 Å². The van der Waals surface area contributed by atoms with Crippen molar-refractivity contribution in [2.45, 2.75) is 17.9 Å². The van der Waals surface area contributed by atoms with Crippen LogP contribution in [0.5, 0.6) is 0 Å². The van der Waals surface area contributed by atoms with E-state index in [2.05, 4.69) is 4.72 Å². The van der Waals surface area contributed by atoms with E-state index < -0.39 is 16.0 Å². The second-order valence-corrected chi connectivity index (χ2v) is 6.85. The first-order valence-corrected chi connectivity index (χ1v) is 8.75. The highest BCUT2D eigenvalue weighted by Crippen LogP contribution is 2.13. The fourth-order valence-electron chi connectivity index (χ4n) is 1.57. The van der Waals surface area contributed by atoms with Crippen molar-refractivity contribution in [2.75, 3.05) is 12.0 Å². The molecule has 20 heavy (non-hydrogen) atoms. The van der Waals surface area contributed by atoms with E-state index in [1.165, 1.54) is 18.2 Å². The summed E-state index contributed by atoms with van der Waals surface area (Å²) in [6.07, 6.45) is 4.23. The molecular formula is C13H17NO4S2. The van der Waals surface area contributed by atoms with Crippen LogP contribution < -0.4 is 4.72 Å². The lowest BCUT2D eigenvalue weighted by Gasteiger charge is -2.13. The molecule has 0 bridgehead atoms. The van der Waals surface area contributed by atoms with Gasteiger partial charge in [-0.1, -0.05) is 12.1 Å². The van der Waals surface area contributed by atoms with Crippen LogP contribution in [0.25, 0.3) is 6.08 Å². The molecule has 0 saturated heterocycles. The summed E-state index contributed by atoms with van der Waals surface area (Å²) >= 11 is 1.56. The molecule has 0 amide bonds. The van der Waals surface area contributed by atoms with Gasteiger partial charge in [-0.2, -0.15) is 11.8 Å². The van der Waals surface area contributed by atoms with Crippen molar-refractivity contribution in [1.82, 2.24) is 4.72 Å². The highest BCUT2D eigenvalue weighted by molar-refractivity contribution is 7.98. The summed E-state index contributed by atoms with van der Waals surface area (Å²) < 4.78 is 26.9. The van der Waals surface area contributed by atoms with E-state index >= 15 is 0 Å². The molecule has 1 atom stereocenters. The van der Waals surface area contributed by atoms with E-state index in [-0.39, 0.29) is 10.9 Å². The van der Waals surface area contributed by atoms with E-state index in [0.717, 1.165) is 6.08 Å². The second-order valence-electron chi connectivity index (χ2n) is 4.22. The fourth-order valence-corrected chi connectivity index (χ4v) is 3.56. The first-order valence-electron chi connectivity index (χ1n) is 5.87. The lowest BCUT2D eigenvalue weighted by molar-refractivity contribution is -0.131. The Hall–Kier alpha value is -1.31. The summed E-state index contributed by atoms with van der Waals surface area (Å²) in [6.45, 7) is 1.79. The van der Waals surface area contributed by atoms with Crippen LogP contribution in [0.1, 0.15) is 12.5 Å². The van der Waals surface area contributed by atoms with Gasteiger partial charge in [-0.05, 0) is 37.0 Å². The van der Waals surface area contributed by atoms with Gasteiger partial charge in [-0.15, -0.1) is 0 Å². The van der Waals surface area contributed by atoms with Gasteiger partial charge in [-0.3, -0.25) is 0 Å². The summed E-state index contributed by atoms with van der Waals surface area (Å²) in [5.74, 6) is -0.400. The zero-order valence-corrected chi connectivity index (χ0v) is 12.9. The third-order valence-electron chi connectivity index (χ3n) is 2.36. The van der Waals surface area contributed by atoms with Crippen molar-refractivity contribution in [2.24, 2.45) is 0 Å². The van der Waals surface area contributed by atoms with Crippen LogP contribution >= 0.6 is 11.8 Å². The zero-order chi connectivity index (χ0) is 15.2. The molecule has 0 aromatic heterocycles. The average molecular weight is 315 g/mol. The minimum atomic E-state index is -3.59. The molecule has 0 fully saturated rings. The van der Waals surface area contributed by atoms with Gasteiger partial charge in [0.15, 0.2) is 0 Å². The number of nitrogens with one attached hydrogen (secondary N) is 1. The SMILES string of the molecule is CSCC(C)NS(=O)(=O)c1cccc(/C=C/C(=O)O)c1. The third-order valence-corrected chi connectivity index (χ3v) is 4.78. The van der Waals surface area contributed by atoms with Crippen LogP contribution in [-0.2, 0) is 14.8 Å². The Balaban J connectivity index is 2.95. The maximum atomic E-state index is 12.1. The molecule has 0 radical (unpaired) electrons. The van der Waals surface area contributed by atoms with E-state index in [1.54, 1.807) is 30.8 Å². The molecule has 110 valence electrons. The quantitative estimate of drug-likeness (QED) is 0.750. The first kappa shape index (κ1) is 16.7. The Labute approximate surface area is 123 Å². The molecule has 0 aliphatic heterocycles. The average Bonchev–Trinajstić information content (AvgIpc) is 2.36. The number of benzene rings is 1. The minimum Gasteiger partial charge on any atom is -0.478 e. The number of hydrogen-bond donors (Lipinski definition) is 2. The van der Waals surface area contributed by atoms with E-state index in [1.807, 2.05) is 6.26 Å². The number of sulfonamides is 1. The van der Waals surface area contributed by atoms with Crippen LogP contribution in [0, 0.1) is 0 Å². The van der Waals surface area contributed by atoms with Crippen LogP contribution in [0.4, 0.5) is 0 Å². The standard InChI is InChI=1S/C13H17NO4S2/c1-10(9-19-2)14-20(17,18)12-5-3-4-11(8-12)6-7-13(15)16/h3-8,10,14H,9H2,1-2H3,(H,15,16)/b7-6+. The smallest absolute Gasteiger partial charge is 0.328 e. The molecule has 1 rings (SSSR count). The van der Waals surface area contributed by atoms with Gasteiger partial charge in [0.2, 0.25) is 10.0 Å². The van der Waals surface area contributed by atoms with E-state index in [0.29, 0.717) is 11.3 Å². The summed E-state index contributed by atoms with van der Waals surface area (Å²) in [6, 6.07) is 5.96. The van der Waals surface area contributed by atoms with Crippen molar-refractivity contribution in [3.05, 3.63) is 35.9 Å². The summed E-state index contributed by atoms with van der Waals surface area (Å²) in [5, 5.41) is 8.56. The molecule has 1 aromatic rings. The van der Waals surface area contributed by atoms with Crippen LogP contribution in [-0.4, -0.2) is 37.5 Å². The Kier molecular flexibility index (Phi) is 6.25. The van der Waals surface area contributed by atoms with Crippen molar-refractivity contribution < 1.29 is 18.3 Å². The zero-order valence-electron chi connectivity index (χ0n) is 11.2. The van der Waals surface area contributed by atoms with Gasteiger partial charge in [0.05, 0.1) is 4.90 Å². The molecular weight excluding hydrogens is 298 g/mol. The molecule has 0 spiro atoms. The normalized spacial score (nSPS) is 13.5. The van der Waals surface area contributed by atoms with Crippen molar-refractivity contribution in [1.29, 1.82) is 0 Å². The second kappa shape index (κ2) is 7.47. The van der Waals surface area contributed by atoms with Gasteiger partial charge >= 0.3 is 5.97 Å². The predicted molar refractivity (Wildman–Crippen MR) is 81.3 cm³/mol. The monoisotopic (exact) mass is 315 g/mol. The minimum absolute atomic E-state index is 0.123. The highest BCUT2D eigenvalue weighted by Gasteiger charge is 2.17. The van der Waals surface area contributed by atoms with Crippen molar-refractivity contribution >= 4 is 33.8 Å². The largest absolute Gasteiger partial charge is 0.478 e. The van der Waals surface area contributed by atoms with Gasteiger partial charge < -0.3 is 5.11 Å². The summed E-state index contributed by atoms with van der Waals surface area (Å²) in [5.41, 5.74) is 0.521. The number of rotatable bonds is 7. The fraction of sp³-hybridized carbons (Fsp3) is 0.308. The molecule has 1 unspecified atom stereocenters. The van der Waals surface area contributed by atoms with E-state index in [4.69, 9.17) is 5.11 Å². The number of thioether (sulfide) groups is 1. The molecule has 0 saturated carbocycles. The first-order chi connectivity index (χ1) is 9.35. The van der Waals surface area contributed by atoms with Crippen LogP contribution in [0.15, 0.2) is 35.2 Å². The third kappa shape index (κ3) is 5.36. The maximum absolute atomic E-state index is 12.1. The lowest BCUT2D eigenvalue weighted by atomic mass is 10.2. The molecule has 1 aromatic carbocycles. The molecule has 5 nitrogen and oxygen atoms in total. The number of carboxylic acids is 1. The van der Waals surface area contributed by atoms with E-state index in [9.17, 15) is 13.2 Å². The topological polar surface area (TPSA) is 83.5 Å². The van der Waals surface area contributed by atoms with Gasteiger partial charge in [0.25, 0.3) is 0 Å². The molecule has 7 heteroatoms. The molecule has 0 aliphatic carbocycles. The Bertz CT molecular complexity index is 596. The predicted octanol–water partition coefficient (Wildman–Crippen LogP) is 1.81. The Morgan fingerprint density at radius 2 is 2.20 bits per heavy atom. The number of aliphatic carboxylic acids is 1. The molecule has 0 aliphatic rings. The Morgan fingerprint density at radius 3 is 2.80 bits per heavy atom. The van der Waals surface area contributed by atoms with Gasteiger partial charge in [0.1, 0.15) is 0 Å². The van der Waals surface area contributed by atoms with Crippen molar-refractivity contribution in [3.63, 3.8) is 0 Å². The number of hydrogen-bond acceptors (Lipinski definition) is 4. The maximum Gasteiger partial charge on any atom is 0.328 e. The molecule has 0 heterocycles. The van der Waals surface area contributed by atoms with Crippen molar-refractivity contribution in [3.8, 4) is 0 Å². The van der Waals surface area contributed by atoms with Crippen LogP contribution in [0.3, 0.4) is 0 Å². The Morgan fingerprint density at radius 1 is 1.50 bits per heavy atom. The number of carbonyl (C=O) groups is 1. The lowest BCUT2D eigenvalue weighted by Crippen LogP contribution is -2.34. The van der Waals surface area contributed by atoms with Gasteiger partial charge in [0, 0.05) is 17.9 Å². The molecule has 2 N–H and O–H groups in total. The summed E-state index contributed by atoms with van der Waals surface area (Å²) in [7, 11) is -3.59.